The van der Waals surface area contributed by atoms with E-state index < -0.39 is 49.3 Å². The summed E-state index contributed by atoms with van der Waals surface area (Å²) >= 11 is 0.974. The summed E-state index contributed by atoms with van der Waals surface area (Å²) in [5, 5.41) is 30.4. The molecule has 37 heavy (non-hydrogen) atoms. The zero-order chi connectivity index (χ0) is 27.4. The molecule has 5 N–H and O–H groups in total. The van der Waals surface area contributed by atoms with Gasteiger partial charge in [0.25, 0.3) is 0 Å². The lowest BCUT2D eigenvalue weighted by Gasteiger charge is -2.42. The highest BCUT2D eigenvalue weighted by Gasteiger charge is 2.45. The maximum Gasteiger partial charge on any atom is 0.408 e. The molecule has 0 aromatic carbocycles. The van der Waals surface area contributed by atoms with Gasteiger partial charge in [0.1, 0.15) is 24.3 Å². The molecule has 0 spiro atoms. The third-order valence-corrected chi connectivity index (χ3v) is 9.77. The van der Waals surface area contributed by atoms with Crippen molar-refractivity contribution in [2.24, 2.45) is 11.3 Å². The number of ether oxygens (including phenoxy) is 1. The van der Waals surface area contributed by atoms with Crippen molar-refractivity contribution < 1.29 is 38.5 Å². The summed E-state index contributed by atoms with van der Waals surface area (Å²) < 4.78 is 33.8. The first-order valence-corrected chi connectivity index (χ1v) is 14.7. The number of nitrogen functional groups attached to an aromatic ring is 1. The van der Waals surface area contributed by atoms with Gasteiger partial charge in [-0.3, -0.25) is 18.4 Å². The third kappa shape index (κ3) is 7.20. The van der Waals surface area contributed by atoms with Crippen molar-refractivity contribution in [3.05, 3.63) is 22.7 Å². The smallest absolute Gasteiger partial charge is 0.395 e. The number of aliphatic hydroxyl groups excluding tert-OH is 3. The molecule has 0 radical (unpaired) electrons. The molecule has 0 bridgehead atoms. The number of rotatable bonds is 11. The summed E-state index contributed by atoms with van der Waals surface area (Å²) in [5.41, 5.74) is 3.99. The molecule has 13 nitrogen and oxygen atoms in total. The lowest BCUT2D eigenvalue weighted by molar-refractivity contribution is -0.227. The number of nitrogens with two attached hydrogens (primary N) is 1. The normalized spacial score (nSPS) is 28.8. The second-order valence-electron chi connectivity index (χ2n) is 9.88. The Morgan fingerprint density at radius 2 is 1.97 bits per heavy atom. The van der Waals surface area contributed by atoms with Gasteiger partial charge in [-0.1, -0.05) is 18.7 Å². The van der Waals surface area contributed by atoms with E-state index >= 15 is 0 Å². The Morgan fingerprint density at radius 3 is 2.59 bits per heavy atom. The molecule has 3 rings (SSSR count). The van der Waals surface area contributed by atoms with Crippen molar-refractivity contribution in [1.82, 2.24) is 14.2 Å². The fourth-order valence-corrected chi connectivity index (χ4v) is 6.78. The van der Waals surface area contributed by atoms with Gasteiger partial charge in [-0.15, -0.1) is 0 Å². The summed E-state index contributed by atoms with van der Waals surface area (Å²) in [4.78, 5) is 28.3. The van der Waals surface area contributed by atoms with Gasteiger partial charge in [-0.05, 0) is 32.8 Å². The zero-order valence-corrected chi connectivity index (χ0v) is 23.0. The first kappa shape index (κ1) is 30.2. The number of aliphatic hydroxyl groups is 3. The summed E-state index contributed by atoms with van der Waals surface area (Å²) in [6.07, 6.45) is -1.72. The second kappa shape index (κ2) is 12.7. The Hall–Kier alpha value is -1.35. The number of carbonyl (C=O) groups is 1. The fraction of sp³-hybridized carbons (Fsp3) is 0.773. The molecule has 2 aliphatic heterocycles. The molecular weight excluding hydrogens is 527 g/mol. The maximum absolute atomic E-state index is 13.7. The molecule has 0 amide bonds. The summed E-state index contributed by atoms with van der Waals surface area (Å²) in [6, 6.07) is 1.42. The van der Waals surface area contributed by atoms with E-state index in [2.05, 4.69) is 4.98 Å². The van der Waals surface area contributed by atoms with E-state index in [0.717, 1.165) is 24.6 Å². The molecule has 3 heterocycles. The van der Waals surface area contributed by atoms with Crippen LogP contribution in [0.2, 0.25) is 0 Å². The van der Waals surface area contributed by atoms with E-state index in [4.69, 9.17) is 19.5 Å². The third-order valence-electron chi connectivity index (χ3n) is 6.51. The van der Waals surface area contributed by atoms with Crippen LogP contribution >= 0.6 is 19.5 Å². The van der Waals surface area contributed by atoms with Crippen molar-refractivity contribution >= 4 is 30.4 Å². The first-order valence-electron chi connectivity index (χ1n) is 12.2. The van der Waals surface area contributed by atoms with Crippen LogP contribution < -0.4 is 11.4 Å². The van der Waals surface area contributed by atoms with Gasteiger partial charge >= 0.3 is 13.4 Å². The highest BCUT2D eigenvalue weighted by Crippen LogP contribution is 2.54. The van der Waals surface area contributed by atoms with Gasteiger partial charge in [0, 0.05) is 31.0 Å². The van der Waals surface area contributed by atoms with Crippen molar-refractivity contribution in [3.63, 3.8) is 0 Å². The standard InChI is InChI=1S/C22H37N4O9PS/c1-14-17(28)18(29)15(35-19(14)26-9-6-16(23)24-21(26)31)12-34-36(32,25-7-4-5-8-25)33-10-11-37-20(30)22(2,3)13-27/h6,9,14-15,17-19,27-29H,4-5,7-8,10-13H2,1-3H3,(H2,23,24,31)/t14?,15-,17-,18+,19-,36?/m1/s1. The van der Waals surface area contributed by atoms with Crippen molar-refractivity contribution in [1.29, 1.82) is 0 Å². The van der Waals surface area contributed by atoms with Crippen LogP contribution in [0.3, 0.4) is 0 Å². The molecule has 0 saturated carbocycles. The number of nitrogens with zero attached hydrogens (tertiary/aromatic N) is 3. The van der Waals surface area contributed by atoms with Gasteiger partial charge in [0.15, 0.2) is 5.12 Å². The van der Waals surface area contributed by atoms with Crippen molar-refractivity contribution in [2.45, 2.75) is 58.2 Å². The van der Waals surface area contributed by atoms with Gasteiger partial charge < -0.3 is 25.8 Å². The van der Waals surface area contributed by atoms with Crippen LogP contribution in [0.15, 0.2) is 17.1 Å². The summed E-state index contributed by atoms with van der Waals surface area (Å²) in [5.74, 6) is -0.431. The predicted octanol–water partition coefficient (Wildman–Crippen LogP) is 0.596. The Bertz CT molecular complexity index is 1040. The fourth-order valence-electron chi connectivity index (χ4n) is 4.02. The van der Waals surface area contributed by atoms with E-state index in [0.29, 0.717) is 13.1 Å². The maximum atomic E-state index is 13.7. The first-order chi connectivity index (χ1) is 17.4. The highest BCUT2D eigenvalue weighted by atomic mass is 32.2. The van der Waals surface area contributed by atoms with Gasteiger partial charge in [0.2, 0.25) is 0 Å². The Morgan fingerprint density at radius 1 is 1.30 bits per heavy atom. The monoisotopic (exact) mass is 564 g/mol. The predicted molar refractivity (Wildman–Crippen MR) is 137 cm³/mol. The minimum atomic E-state index is -3.82. The van der Waals surface area contributed by atoms with E-state index in [1.54, 1.807) is 25.4 Å². The molecule has 210 valence electrons. The van der Waals surface area contributed by atoms with E-state index in [-0.39, 0.29) is 36.5 Å². The number of aromatic nitrogens is 2. The van der Waals surface area contributed by atoms with Crippen LogP contribution in [-0.4, -0.2) is 91.6 Å². The number of anilines is 1. The number of hydrogen-bond acceptors (Lipinski definition) is 12. The zero-order valence-electron chi connectivity index (χ0n) is 21.3. The molecule has 2 saturated heterocycles. The lowest BCUT2D eigenvalue weighted by Crippen LogP contribution is -2.54. The van der Waals surface area contributed by atoms with Crippen LogP contribution in [0.1, 0.15) is 39.8 Å². The Labute approximate surface area is 219 Å². The summed E-state index contributed by atoms with van der Waals surface area (Å²) in [7, 11) is -3.82. The minimum absolute atomic E-state index is 0.0358. The van der Waals surface area contributed by atoms with Crippen molar-refractivity contribution in [3.8, 4) is 0 Å². The van der Waals surface area contributed by atoms with E-state index in [9.17, 15) is 29.5 Å². The van der Waals surface area contributed by atoms with Crippen LogP contribution in [0, 0.1) is 11.3 Å². The molecule has 2 fully saturated rings. The number of thioether (sulfide) groups is 1. The van der Waals surface area contributed by atoms with Gasteiger partial charge in [0.05, 0.1) is 31.3 Å². The van der Waals surface area contributed by atoms with Gasteiger partial charge in [-0.2, -0.15) is 4.98 Å². The van der Waals surface area contributed by atoms with Crippen molar-refractivity contribution in [2.75, 3.05) is 44.4 Å². The van der Waals surface area contributed by atoms with Crippen LogP contribution in [0.25, 0.3) is 0 Å². The molecule has 2 unspecified atom stereocenters. The number of carbonyl (C=O) groups excluding carboxylic acids is 1. The SMILES string of the molecule is CC1[C@@H](O)[C@@H](O)[C@@H](COP(=O)(OCCSC(=O)C(C)(C)CO)N2CCCC2)O[C@H]1n1ccc(N)nc1=O. The molecular formula is C22H37N4O9PS. The molecule has 15 heteroatoms. The quantitative estimate of drug-likeness (QED) is 0.216. The van der Waals surface area contributed by atoms with Crippen LogP contribution in [-0.2, 0) is 23.1 Å². The minimum Gasteiger partial charge on any atom is -0.395 e. The molecule has 1 aromatic rings. The lowest BCUT2D eigenvalue weighted by atomic mass is 9.91. The molecule has 6 atom stereocenters. The highest BCUT2D eigenvalue weighted by molar-refractivity contribution is 8.13. The van der Waals surface area contributed by atoms with Crippen LogP contribution in [0.5, 0.6) is 0 Å². The molecule has 0 aliphatic carbocycles. The molecule has 2 aliphatic rings. The molecule has 1 aromatic heterocycles. The largest absolute Gasteiger partial charge is 0.408 e. The average molecular weight is 565 g/mol. The topological polar surface area (TPSA) is 187 Å². The number of hydrogen-bond donors (Lipinski definition) is 4. The van der Waals surface area contributed by atoms with E-state index in [1.165, 1.54) is 16.8 Å². The average Bonchev–Trinajstić information content (AvgIpc) is 3.41. The Kier molecular flexibility index (Phi) is 10.3. The Balaban J connectivity index is 1.68. The van der Waals surface area contributed by atoms with Gasteiger partial charge in [-0.25, -0.2) is 14.0 Å². The van der Waals surface area contributed by atoms with Crippen LogP contribution in [0.4, 0.5) is 5.82 Å². The second-order valence-corrected chi connectivity index (χ2v) is 13.0. The van der Waals surface area contributed by atoms with E-state index in [1.807, 2.05) is 0 Å². The summed E-state index contributed by atoms with van der Waals surface area (Å²) in [6.45, 7) is 5.15.